The lowest BCUT2D eigenvalue weighted by Crippen LogP contribution is -2.75. The van der Waals surface area contributed by atoms with E-state index < -0.39 is 8.07 Å². The van der Waals surface area contributed by atoms with Gasteiger partial charge >= 0.3 is 0 Å². The van der Waals surface area contributed by atoms with Crippen molar-refractivity contribution in [3.8, 4) is 5.69 Å². The van der Waals surface area contributed by atoms with Gasteiger partial charge in [-0.05, 0) is 45.0 Å². The summed E-state index contributed by atoms with van der Waals surface area (Å²) >= 11 is 0. The Hall–Kier alpha value is -4.73. The SMILES string of the molecule is c1ccc(-n2c3ccccc3c3cccc([Si](c4ccccc4)(c4ccccc4)c4cccnc4)c32)cc1. The van der Waals surface area contributed by atoms with E-state index in [4.69, 9.17) is 0 Å². The van der Waals surface area contributed by atoms with E-state index in [0.29, 0.717) is 0 Å². The van der Waals surface area contributed by atoms with Crippen LogP contribution in [0.3, 0.4) is 0 Å². The molecule has 2 aromatic heterocycles. The van der Waals surface area contributed by atoms with E-state index in [-0.39, 0.29) is 0 Å². The lowest BCUT2D eigenvalue weighted by Gasteiger charge is -2.35. The highest BCUT2D eigenvalue weighted by Crippen LogP contribution is 2.32. The number of para-hydroxylation sites is 3. The zero-order chi connectivity index (χ0) is 25.4. The van der Waals surface area contributed by atoms with Crippen molar-refractivity contribution in [2.75, 3.05) is 0 Å². The number of aromatic nitrogens is 2. The van der Waals surface area contributed by atoms with Crippen molar-refractivity contribution in [2.24, 2.45) is 0 Å². The van der Waals surface area contributed by atoms with Gasteiger partial charge in [-0.2, -0.15) is 0 Å². The van der Waals surface area contributed by atoms with Gasteiger partial charge in [0.1, 0.15) is 0 Å². The molecule has 2 nitrogen and oxygen atoms in total. The number of benzene rings is 5. The second kappa shape index (κ2) is 9.29. The Balaban J connectivity index is 1.73. The van der Waals surface area contributed by atoms with E-state index >= 15 is 0 Å². The predicted octanol–water partition coefficient (Wildman–Crippen LogP) is 5.56. The molecule has 0 aliphatic heterocycles. The standard InChI is InChI=1S/C35H26N2Si/c1-4-14-27(15-5-1)37-33-23-11-10-21-31(33)32-22-12-24-34(35(32)37)38(28-16-6-2-7-17-28,29-18-8-3-9-19-29)30-20-13-25-36-26-30/h1-26H. The smallest absolute Gasteiger partial charge is 0.183 e. The lowest BCUT2D eigenvalue weighted by molar-refractivity contribution is 1.18. The molecule has 38 heavy (non-hydrogen) atoms. The Morgan fingerprint density at radius 2 is 1.05 bits per heavy atom. The molecule has 0 fully saturated rings. The summed E-state index contributed by atoms with van der Waals surface area (Å²) < 4.78 is 2.46. The van der Waals surface area contributed by atoms with E-state index in [0.717, 1.165) is 0 Å². The molecule has 0 aliphatic rings. The fourth-order valence-electron chi connectivity index (χ4n) is 6.09. The number of pyridine rings is 1. The number of nitrogens with zero attached hydrogens (tertiary/aromatic N) is 2. The van der Waals surface area contributed by atoms with Crippen molar-refractivity contribution in [1.29, 1.82) is 0 Å². The molecule has 180 valence electrons. The highest BCUT2D eigenvalue weighted by molar-refractivity contribution is 7.20. The third-order valence-corrected chi connectivity index (χ3v) is 12.4. The quantitative estimate of drug-likeness (QED) is 0.223. The molecular formula is C35H26N2Si. The first kappa shape index (κ1) is 22.5. The van der Waals surface area contributed by atoms with E-state index in [1.54, 1.807) is 0 Å². The van der Waals surface area contributed by atoms with Gasteiger partial charge in [-0.3, -0.25) is 4.98 Å². The molecule has 0 radical (unpaired) electrons. The van der Waals surface area contributed by atoms with Gasteiger partial charge in [0.2, 0.25) is 0 Å². The Morgan fingerprint density at radius 3 is 1.71 bits per heavy atom. The van der Waals surface area contributed by atoms with Crippen LogP contribution in [0, 0.1) is 0 Å². The van der Waals surface area contributed by atoms with Crippen LogP contribution in [-0.4, -0.2) is 17.6 Å². The molecule has 0 bridgehead atoms. The van der Waals surface area contributed by atoms with E-state index in [1.807, 2.05) is 6.20 Å². The Morgan fingerprint density at radius 1 is 0.474 bits per heavy atom. The molecule has 5 aromatic carbocycles. The molecule has 0 amide bonds. The fourth-order valence-corrected chi connectivity index (χ4v) is 11.0. The van der Waals surface area contributed by atoms with Gasteiger partial charge in [0.05, 0.1) is 11.0 Å². The molecule has 7 aromatic rings. The normalized spacial score (nSPS) is 11.7. The second-order valence-corrected chi connectivity index (χ2v) is 13.4. The van der Waals surface area contributed by atoms with Crippen LogP contribution in [0.25, 0.3) is 27.5 Å². The van der Waals surface area contributed by atoms with Gasteiger partial charge in [-0.25, -0.2) is 0 Å². The summed E-state index contributed by atoms with van der Waals surface area (Å²) in [6.07, 6.45) is 3.96. The van der Waals surface area contributed by atoms with Gasteiger partial charge < -0.3 is 4.57 Å². The van der Waals surface area contributed by atoms with Crippen molar-refractivity contribution in [3.63, 3.8) is 0 Å². The molecular weight excluding hydrogens is 476 g/mol. The second-order valence-electron chi connectivity index (χ2n) is 9.61. The fraction of sp³-hybridized carbons (Fsp3) is 0. The van der Waals surface area contributed by atoms with Crippen LogP contribution in [0.5, 0.6) is 0 Å². The first-order valence-electron chi connectivity index (χ1n) is 13.0. The minimum absolute atomic E-state index is 1.17. The topological polar surface area (TPSA) is 17.8 Å². The van der Waals surface area contributed by atoms with Crippen LogP contribution in [0.2, 0.25) is 0 Å². The van der Waals surface area contributed by atoms with Crippen LogP contribution in [-0.2, 0) is 0 Å². The van der Waals surface area contributed by atoms with Crippen molar-refractivity contribution in [2.45, 2.75) is 0 Å². The zero-order valence-corrected chi connectivity index (χ0v) is 21.9. The Bertz CT molecular complexity index is 1750. The van der Waals surface area contributed by atoms with Gasteiger partial charge in [0, 0.05) is 28.9 Å². The van der Waals surface area contributed by atoms with Crippen molar-refractivity contribution in [3.05, 3.63) is 158 Å². The molecule has 0 saturated carbocycles. The molecule has 0 saturated heterocycles. The van der Waals surface area contributed by atoms with E-state index in [9.17, 15) is 0 Å². The molecule has 0 atom stereocenters. The summed E-state index contributed by atoms with van der Waals surface area (Å²) in [6.45, 7) is 0. The van der Waals surface area contributed by atoms with Crippen LogP contribution in [0.15, 0.2) is 158 Å². The van der Waals surface area contributed by atoms with Crippen LogP contribution in [0.4, 0.5) is 0 Å². The van der Waals surface area contributed by atoms with Crippen molar-refractivity contribution < 1.29 is 0 Å². The van der Waals surface area contributed by atoms with Gasteiger partial charge in [-0.1, -0.05) is 121 Å². The molecule has 7 rings (SSSR count). The first-order valence-corrected chi connectivity index (χ1v) is 15.0. The minimum Gasteiger partial charge on any atom is -0.309 e. The van der Waals surface area contributed by atoms with Crippen LogP contribution in [0.1, 0.15) is 0 Å². The monoisotopic (exact) mass is 502 g/mol. The molecule has 0 N–H and O–H groups in total. The van der Waals surface area contributed by atoms with Crippen molar-refractivity contribution in [1.82, 2.24) is 9.55 Å². The largest absolute Gasteiger partial charge is 0.309 e. The minimum atomic E-state index is -2.77. The van der Waals surface area contributed by atoms with Gasteiger partial charge in [0.15, 0.2) is 8.07 Å². The van der Waals surface area contributed by atoms with Crippen LogP contribution >= 0.6 is 0 Å². The predicted molar refractivity (Wildman–Crippen MR) is 162 cm³/mol. The highest BCUT2D eigenvalue weighted by atomic mass is 28.3. The zero-order valence-electron chi connectivity index (χ0n) is 20.9. The molecule has 0 spiro atoms. The van der Waals surface area contributed by atoms with Crippen LogP contribution < -0.4 is 20.7 Å². The molecule has 3 heteroatoms. The summed E-state index contributed by atoms with van der Waals surface area (Å²) in [6, 6.07) is 52.9. The lowest BCUT2D eigenvalue weighted by atomic mass is 10.1. The third kappa shape index (κ3) is 3.36. The number of hydrogen-bond donors (Lipinski definition) is 0. The van der Waals surface area contributed by atoms with E-state index in [1.165, 1.54) is 48.2 Å². The summed E-state index contributed by atoms with van der Waals surface area (Å²) in [5.74, 6) is 0. The molecule has 0 aliphatic carbocycles. The first-order chi connectivity index (χ1) is 18.9. The maximum atomic E-state index is 4.66. The summed E-state index contributed by atoms with van der Waals surface area (Å²) in [5.41, 5.74) is 3.65. The van der Waals surface area contributed by atoms with Crippen molar-refractivity contribution >= 4 is 50.6 Å². The summed E-state index contributed by atoms with van der Waals surface area (Å²) in [4.78, 5) is 4.66. The summed E-state index contributed by atoms with van der Waals surface area (Å²) in [5, 5.41) is 7.86. The Labute approximate surface area is 223 Å². The molecule has 0 unspecified atom stereocenters. The maximum absolute atomic E-state index is 4.66. The molecule has 2 heterocycles. The average molecular weight is 503 g/mol. The highest BCUT2D eigenvalue weighted by Gasteiger charge is 2.43. The average Bonchev–Trinajstić information content (AvgIpc) is 3.35. The van der Waals surface area contributed by atoms with Gasteiger partial charge in [-0.15, -0.1) is 0 Å². The van der Waals surface area contributed by atoms with Gasteiger partial charge in [0.25, 0.3) is 0 Å². The Kier molecular flexibility index (Phi) is 5.49. The third-order valence-electron chi connectivity index (χ3n) is 7.62. The number of rotatable bonds is 5. The summed E-state index contributed by atoms with van der Waals surface area (Å²) in [7, 11) is -2.77. The maximum Gasteiger partial charge on any atom is 0.183 e. The number of fused-ring (bicyclic) bond motifs is 3. The number of hydrogen-bond acceptors (Lipinski definition) is 1. The van der Waals surface area contributed by atoms with E-state index in [2.05, 4.69) is 161 Å².